The fourth-order valence-corrected chi connectivity index (χ4v) is 2.35. The van der Waals surface area contributed by atoms with Crippen molar-refractivity contribution in [1.29, 1.82) is 0 Å². The van der Waals surface area contributed by atoms with Crippen molar-refractivity contribution in [2.24, 2.45) is 5.10 Å². The molecule has 1 aromatic carbocycles. The predicted octanol–water partition coefficient (Wildman–Crippen LogP) is 3.44. The normalized spacial score (nSPS) is 12.4. The number of aryl methyl sites for hydroxylation is 2. The van der Waals surface area contributed by atoms with Gasteiger partial charge in [0.15, 0.2) is 6.10 Å². The quantitative estimate of drug-likeness (QED) is 0.627. The molecule has 0 aliphatic heterocycles. The summed E-state index contributed by atoms with van der Waals surface area (Å²) >= 11 is 11.8. The molecular formula is C16H18Cl2N4O2. The molecule has 0 saturated heterocycles. The zero-order valence-corrected chi connectivity index (χ0v) is 15.1. The Kier molecular flexibility index (Phi) is 6.23. The van der Waals surface area contributed by atoms with Crippen molar-refractivity contribution in [3.63, 3.8) is 0 Å². The van der Waals surface area contributed by atoms with E-state index < -0.39 is 12.0 Å². The number of ether oxygens (including phenoxy) is 1. The van der Waals surface area contributed by atoms with E-state index in [1.54, 1.807) is 36.0 Å². The molecule has 128 valence electrons. The summed E-state index contributed by atoms with van der Waals surface area (Å²) < 4.78 is 7.32. The van der Waals surface area contributed by atoms with E-state index in [9.17, 15) is 4.79 Å². The van der Waals surface area contributed by atoms with Crippen LogP contribution in [0.1, 0.15) is 25.1 Å². The van der Waals surface area contributed by atoms with Crippen LogP contribution in [0.25, 0.3) is 0 Å². The van der Waals surface area contributed by atoms with Gasteiger partial charge in [0, 0.05) is 23.3 Å². The summed E-state index contributed by atoms with van der Waals surface area (Å²) in [6.07, 6.45) is 2.65. The molecule has 1 N–H and O–H groups in total. The zero-order valence-electron chi connectivity index (χ0n) is 13.6. The maximum Gasteiger partial charge on any atom is 0.280 e. The lowest BCUT2D eigenvalue weighted by Crippen LogP contribution is -2.33. The van der Waals surface area contributed by atoms with Crippen molar-refractivity contribution in [2.45, 2.75) is 33.4 Å². The van der Waals surface area contributed by atoms with Crippen molar-refractivity contribution in [2.75, 3.05) is 0 Å². The molecule has 0 aliphatic carbocycles. The molecule has 8 heteroatoms. The second-order valence-corrected chi connectivity index (χ2v) is 5.94. The Morgan fingerprint density at radius 3 is 2.88 bits per heavy atom. The van der Waals surface area contributed by atoms with Gasteiger partial charge in [-0.05, 0) is 39.0 Å². The largest absolute Gasteiger partial charge is 0.479 e. The van der Waals surface area contributed by atoms with Crippen LogP contribution in [0.15, 0.2) is 29.5 Å². The number of rotatable bonds is 6. The average Bonchev–Trinajstić information content (AvgIpc) is 2.90. The van der Waals surface area contributed by atoms with Crippen LogP contribution < -0.4 is 10.2 Å². The Balaban J connectivity index is 1.93. The lowest BCUT2D eigenvalue weighted by molar-refractivity contribution is -0.127. The van der Waals surface area contributed by atoms with Crippen LogP contribution in [0.3, 0.4) is 0 Å². The second kappa shape index (κ2) is 8.17. The fourth-order valence-electron chi connectivity index (χ4n) is 1.89. The maximum absolute atomic E-state index is 12.0. The molecule has 1 atom stereocenters. The lowest BCUT2D eigenvalue weighted by atomic mass is 10.3. The Morgan fingerprint density at radius 1 is 1.50 bits per heavy atom. The minimum atomic E-state index is -0.764. The molecule has 0 aliphatic rings. The summed E-state index contributed by atoms with van der Waals surface area (Å²) in [6.45, 7) is 6.25. The number of nitrogens with zero attached hydrogens (tertiary/aromatic N) is 3. The van der Waals surface area contributed by atoms with E-state index in [-0.39, 0.29) is 0 Å². The Morgan fingerprint density at radius 2 is 2.25 bits per heavy atom. The van der Waals surface area contributed by atoms with Gasteiger partial charge in [0.25, 0.3) is 5.91 Å². The van der Waals surface area contributed by atoms with Gasteiger partial charge in [-0.1, -0.05) is 23.2 Å². The van der Waals surface area contributed by atoms with Gasteiger partial charge >= 0.3 is 0 Å². The number of halogens is 2. The first-order valence-corrected chi connectivity index (χ1v) is 8.15. The second-order valence-electron chi connectivity index (χ2n) is 5.09. The number of hydrogen-bond donors (Lipinski definition) is 1. The van der Waals surface area contributed by atoms with Gasteiger partial charge < -0.3 is 4.74 Å². The van der Waals surface area contributed by atoms with Crippen LogP contribution in [0.4, 0.5) is 0 Å². The number of aromatic nitrogens is 2. The first kappa shape index (κ1) is 18.3. The van der Waals surface area contributed by atoms with Crippen LogP contribution in [0.2, 0.25) is 10.0 Å². The third kappa shape index (κ3) is 4.72. The van der Waals surface area contributed by atoms with E-state index in [4.69, 9.17) is 27.9 Å². The summed E-state index contributed by atoms with van der Waals surface area (Å²) in [5, 5.41) is 9.07. The molecule has 1 aromatic heterocycles. The molecule has 1 heterocycles. The standard InChI is InChI=1S/C16H18Cl2N4O2/c1-4-22-9-12(10(2)21-22)8-19-20-16(23)11(3)24-15-6-5-13(17)7-14(15)18/h5-9,11H,4H2,1-3H3,(H,20,23). The van der Waals surface area contributed by atoms with Gasteiger partial charge in [0.05, 0.1) is 16.9 Å². The summed E-state index contributed by atoms with van der Waals surface area (Å²) in [5.41, 5.74) is 4.12. The highest BCUT2D eigenvalue weighted by atomic mass is 35.5. The van der Waals surface area contributed by atoms with Gasteiger partial charge in [-0.15, -0.1) is 0 Å². The Hall–Kier alpha value is -2.05. The molecule has 0 saturated carbocycles. The molecule has 2 rings (SSSR count). The van der Waals surface area contributed by atoms with Crippen LogP contribution in [0, 0.1) is 6.92 Å². The van der Waals surface area contributed by atoms with E-state index in [0.717, 1.165) is 17.8 Å². The van der Waals surface area contributed by atoms with Crippen molar-refractivity contribution >= 4 is 35.3 Å². The van der Waals surface area contributed by atoms with Crippen molar-refractivity contribution in [1.82, 2.24) is 15.2 Å². The minimum Gasteiger partial charge on any atom is -0.479 e. The van der Waals surface area contributed by atoms with E-state index in [1.807, 2.05) is 20.0 Å². The molecule has 0 fully saturated rings. The molecule has 24 heavy (non-hydrogen) atoms. The first-order chi connectivity index (χ1) is 11.4. The van der Waals surface area contributed by atoms with Crippen molar-refractivity contribution in [3.05, 3.63) is 45.7 Å². The van der Waals surface area contributed by atoms with Crippen LogP contribution in [-0.2, 0) is 11.3 Å². The molecule has 1 unspecified atom stereocenters. The molecule has 0 spiro atoms. The number of nitrogens with one attached hydrogen (secondary N) is 1. The Bertz CT molecular complexity index is 759. The summed E-state index contributed by atoms with van der Waals surface area (Å²) in [6, 6.07) is 4.80. The molecular weight excluding hydrogens is 351 g/mol. The van der Waals surface area contributed by atoms with Crippen LogP contribution in [-0.4, -0.2) is 28.0 Å². The predicted molar refractivity (Wildman–Crippen MR) is 94.9 cm³/mol. The number of carbonyl (C=O) groups excluding carboxylic acids is 1. The van der Waals surface area contributed by atoms with E-state index in [1.165, 1.54) is 0 Å². The SMILES string of the molecule is CCn1cc(C=NNC(=O)C(C)Oc2ccc(Cl)cc2Cl)c(C)n1. The zero-order chi connectivity index (χ0) is 17.7. The highest BCUT2D eigenvalue weighted by Crippen LogP contribution is 2.28. The molecule has 0 radical (unpaired) electrons. The van der Waals surface area contributed by atoms with E-state index in [2.05, 4.69) is 15.6 Å². The maximum atomic E-state index is 12.0. The molecule has 2 aromatic rings. The Labute approximate surface area is 150 Å². The highest BCUT2D eigenvalue weighted by molar-refractivity contribution is 6.35. The number of amides is 1. The van der Waals surface area contributed by atoms with Crippen molar-refractivity contribution < 1.29 is 9.53 Å². The number of benzene rings is 1. The number of hydrogen-bond acceptors (Lipinski definition) is 4. The molecule has 6 nitrogen and oxygen atoms in total. The monoisotopic (exact) mass is 368 g/mol. The summed E-state index contributed by atoms with van der Waals surface area (Å²) in [7, 11) is 0. The van der Waals surface area contributed by atoms with Crippen LogP contribution >= 0.6 is 23.2 Å². The lowest BCUT2D eigenvalue weighted by Gasteiger charge is -2.14. The first-order valence-electron chi connectivity index (χ1n) is 7.39. The third-order valence-electron chi connectivity index (χ3n) is 3.25. The highest BCUT2D eigenvalue weighted by Gasteiger charge is 2.15. The van der Waals surface area contributed by atoms with Gasteiger partial charge in [-0.25, -0.2) is 5.43 Å². The van der Waals surface area contributed by atoms with Gasteiger partial charge in [0.1, 0.15) is 5.75 Å². The van der Waals surface area contributed by atoms with E-state index in [0.29, 0.717) is 15.8 Å². The van der Waals surface area contributed by atoms with Gasteiger partial charge in [-0.2, -0.15) is 10.2 Å². The van der Waals surface area contributed by atoms with Crippen molar-refractivity contribution in [3.8, 4) is 5.75 Å². The number of carbonyl (C=O) groups is 1. The summed E-state index contributed by atoms with van der Waals surface area (Å²) in [4.78, 5) is 12.0. The number of hydrazone groups is 1. The van der Waals surface area contributed by atoms with Gasteiger partial charge in [-0.3, -0.25) is 9.48 Å². The van der Waals surface area contributed by atoms with Crippen LogP contribution in [0.5, 0.6) is 5.75 Å². The summed E-state index contributed by atoms with van der Waals surface area (Å²) in [5.74, 6) is -0.00874. The van der Waals surface area contributed by atoms with Gasteiger partial charge in [0.2, 0.25) is 0 Å². The minimum absolute atomic E-state index is 0.341. The molecule has 1 amide bonds. The topological polar surface area (TPSA) is 68.5 Å². The smallest absolute Gasteiger partial charge is 0.280 e. The molecule has 0 bridgehead atoms. The average molecular weight is 369 g/mol. The van der Waals surface area contributed by atoms with E-state index >= 15 is 0 Å². The fraction of sp³-hybridized carbons (Fsp3) is 0.312. The third-order valence-corrected chi connectivity index (χ3v) is 3.78.